The van der Waals surface area contributed by atoms with Crippen molar-refractivity contribution in [3.63, 3.8) is 0 Å². The van der Waals surface area contributed by atoms with Gasteiger partial charge in [0.2, 0.25) is 0 Å². The largest absolute Gasteiger partial charge is 0.306 e. The van der Waals surface area contributed by atoms with Crippen LogP contribution in [0.5, 0.6) is 0 Å². The summed E-state index contributed by atoms with van der Waals surface area (Å²) in [5.41, 5.74) is 0. The Labute approximate surface area is 81.6 Å². The fourth-order valence-electron chi connectivity index (χ4n) is 1.22. The van der Waals surface area contributed by atoms with Crippen molar-refractivity contribution in [2.75, 3.05) is 26.8 Å². The molecule has 2 unspecified atom stereocenters. The van der Waals surface area contributed by atoms with Gasteiger partial charge in [0.1, 0.15) is 0 Å². The van der Waals surface area contributed by atoms with Crippen LogP contribution in [0.25, 0.3) is 0 Å². The van der Waals surface area contributed by atoms with Gasteiger partial charge in [-0.3, -0.25) is 4.39 Å². The van der Waals surface area contributed by atoms with Crippen LogP contribution < -0.4 is 0 Å². The molecule has 0 aromatic heterocycles. The molecule has 1 heterocycles. The first kappa shape index (κ1) is 12.6. The van der Waals surface area contributed by atoms with E-state index in [1.807, 2.05) is 0 Å². The SMILES string of the molecule is C=CC(C)CF.CC1CCN(C)C1. The Balaban J connectivity index is 0.000000226. The first-order valence-electron chi connectivity index (χ1n) is 4.97. The number of allylic oxidation sites excluding steroid dienone is 1. The van der Waals surface area contributed by atoms with E-state index in [0.717, 1.165) is 5.92 Å². The molecular formula is C11H22FN. The Hall–Kier alpha value is -0.370. The molecule has 1 fully saturated rings. The van der Waals surface area contributed by atoms with Crippen molar-refractivity contribution in [2.45, 2.75) is 20.3 Å². The minimum absolute atomic E-state index is 0.0324. The molecule has 1 rings (SSSR count). The van der Waals surface area contributed by atoms with E-state index in [2.05, 4.69) is 25.5 Å². The zero-order valence-electron chi connectivity index (χ0n) is 9.09. The van der Waals surface area contributed by atoms with Gasteiger partial charge < -0.3 is 4.90 Å². The summed E-state index contributed by atoms with van der Waals surface area (Å²) in [6, 6.07) is 0. The van der Waals surface area contributed by atoms with E-state index in [4.69, 9.17) is 0 Å². The molecule has 0 aromatic rings. The van der Waals surface area contributed by atoms with Crippen LogP contribution in [0.4, 0.5) is 4.39 Å². The Kier molecular flexibility index (Phi) is 6.87. The molecular weight excluding hydrogens is 165 g/mol. The van der Waals surface area contributed by atoms with Crippen molar-refractivity contribution in [1.82, 2.24) is 4.90 Å². The highest BCUT2D eigenvalue weighted by Gasteiger charge is 2.13. The Bertz CT molecular complexity index is 128. The van der Waals surface area contributed by atoms with Gasteiger partial charge in [0, 0.05) is 12.5 Å². The van der Waals surface area contributed by atoms with E-state index in [9.17, 15) is 4.39 Å². The topological polar surface area (TPSA) is 3.24 Å². The summed E-state index contributed by atoms with van der Waals surface area (Å²) in [5.74, 6) is 0.981. The monoisotopic (exact) mass is 187 g/mol. The van der Waals surface area contributed by atoms with Crippen molar-refractivity contribution < 1.29 is 4.39 Å². The number of hydrogen-bond donors (Lipinski definition) is 0. The summed E-state index contributed by atoms with van der Waals surface area (Å²) in [5, 5.41) is 0. The lowest BCUT2D eigenvalue weighted by Gasteiger charge is -2.03. The summed E-state index contributed by atoms with van der Waals surface area (Å²) in [7, 11) is 2.18. The highest BCUT2D eigenvalue weighted by Crippen LogP contribution is 2.11. The molecule has 1 saturated heterocycles. The predicted molar refractivity (Wildman–Crippen MR) is 56.6 cm³/mol. The number of halogens is 1. The van der Waals surface area contributed by atoms with Crippen molar-refractivity contribution in [1.29, 1.82) is 0 Å². The fourth-order valence-corrected chi connectivity index (χ4v) is 1.22. The van der Waals surface area contributed by atoms with E-state index in [-0.39, 0.29) is 12.6 Å². The molecule has 1 aliphatic heterocycles. The first-order valence-corrected chi connectivity index (χ1v) is 4.97. The molecule has 0 saturated carbocycles. The molecule has 2 heteroatoms. The van der Waals surface area contributed by atoms with E-state index in [1.54, 1.807) is 13.0 Å². The maximum atomic E-state index is 11.3. The number of rotatable bonds is 2. The summed E-state index contributed by atoms with van der Waals surface area (Å²) in [6.07, 6.45) is 3.00. The van der Waals surface area contributed by atoms with Crippen LogP contribution in [0, 0.1) is 11.8 Å². The standard InChI is InChI=1S/C6H13N.C5H9F/c1-6-3-4-7(2)5-6;1-3-5(2)4-6/h6H,3-5H2,1-2H3;3,5H,1,4H2,2H3. The molecule has 0 aliphatic carbocycles. The second-order valence-electron chi connectivity index (χ2n) is 4.02. The summed E-state index contributed by atoms with van der Waals surface area (Å²) in [6.45, 7) is 9.81. The molecule has 0 amide bonds. The highest BCUT2D eigenvalue weighted by molar-refractivity contribution is 4.73. The fraction of sp³-hybridized carbons (Fsp3) is 0.818. The van der Waals surface area contributed by atoms with Gasteiger partial charge in [-0.2, -0.15) is 0 Å². The lowest BCUT2D eigenvalue weighted by molar-refractivity contribution is 0.402. The lowest BCUT2D eigenvalue weighted by atomic mass is 10.2. The van der Waals surface area contributed by atoms with E-state index < -0.39 is 0 Å². The van der Waals surface area contributed by atoms with Gasteiger partial charge in [0.15, 0.2) is 0 Å². The second-order valence-corrected chi connectivity index (χ2v) is 4.02. The minimum Gasteiger partial charge on any atom is -0.306 e. The zero-order chi connectivity index (χ0) is 10.3. The van der Waals surface area contributed by atoms with Gasteiger partial charge in [-0.25, -0.2) is 0 Å². The summed E-state index contributed by atoms with van der Waals surface area (Å²) >= 11 is 0. The van der Waals surface area contributed by atoms with E-state index >= 15 is 0 Å². The third-order valence-electron chi connectivity index (χ3n) is 2.27. The Morgan fingerprint density at radius 1 is 1.69 bits per heavy atom. The lowest BCUT2D eigenvalue weighted by Crippen LogP contribution is -2.12. The molecule has 0 radical (unpaired) electrons. The number of hydrogen-bond acceptors (Lipinski definition) is 1. The smallest absolute Gasteiger partial charge is 0.0954 e. The van der Waals surface area contributed by atoms with Crippen LogP contribution in [0.15, 0.2) is 12.7 Å². The summed E-state index contributed by atoms with van der Waals surface area (Å²) in [4.78, 5) is 2.38. The molecule has 2 atom stereocenters. The average molecular weight is 187 g/mol. The highest BCUT2D eigenvalue weighted by atomic mass is 19.1. The van der Waals surface area contributed by atoms with Gasteiger partial charge >= 0.3 is 0 Å². The van der Waals surface area contributed by atoms with Gasteiger partial charge in [-0.05, 0) is 25.9 Å². The maximum Gasteiger partial charge on any atom is 0.0954 e. The van der Waals surface area contributed by atoms with Crippen LogP contribution in [0.2, 0.25) is 0 Å². The van der Waals surface area contributed by atoms with Crippen LogP contribution in [0.1, 0.15) is 20.3 Å². The molecule has 0 bridgehead atoms. The van der Waals surface area contributed by atoms with Crippen molar-refractivity contribution in [3.8, 4) is 0 Å². The van der Waals surface area contributed by atoms with Gasteiger partial charge in [-0.1, -0.05) is 19.9 Å². The van der Waals surface area contributed by atoms with E-state index in [1.165, 1.54) is 19.5 Å². The van der Waals surface area contributed by atoms with Crippen LogP contribution >= 0.6 is 0 Å². The molecule has 0 N–H and O–H groups in total. The van der Waals surface area contributed by atoms with Gasteiger partial charge in [0.05, 0.1) is 6.67 Å². The van der Waals surface area contributed by atoms with Gasteiger partial charge in [-0.15, -0.1) is 6.58 Å². The van der Waals surface area contributed by atoms with Crippen LogP contribution in [-0.4, -0.2) is 31.7 Å². The number of alkyl halides is 1. The Morgan fingerprint density at radius 3 is 2.38 bits per heavy atom. The molecule has 78 valence electrons. The Morgan fingerprint density at radius 2 is 2.31 bits per heavy atom. The van der Waals surface area contributed by atoms with Crippen molar-refractivity contribution in [2.24, 2.45) is 11.8 Å². The predicted octanol–water partition coefficient (Wildman–Crippen LogP) is 2.74. The van der Waals surface area contributed by atoms with E-state index in [0.29, 0.717) is 0 Å². The van der Waals surface area contributed by atoms with Crippen LogP contribution in [0.3, 0.4) is 0 Å². The van der Waals surface area contributed by atoms with Crippen LogP contribution in [-0.2, 0) is 0 Å². The minimum atomic E-state index is -0.288. The number of nitrogens with zero attached hydrogens (tertiary/aromatic N) is 1. The second kappa shape index (κ2) is 7.07. The first-order chi connectivity index (χ1) is 6.10. The third-order valence-corrected chi connectivity index (χ3v) is 2.27. The van der Waals surface area contributed by atoms with Crippen molar-refractivity contribution >= 4 is 0 Å². The van der Waals surface area contributed by atoms with Crippen molar-refractivity contribution in [3.05, 3.63) is 12.7 Å². The molecule has 0 aromatic carbocycles. The quantitative estimate of drug-likeness (QED) is 0.601. The average Bonchev–Trinajstić information content (AvgIpc) is 2.49. The van der Waals surface area contributed by atoms with Gasteiger partial charge in [0.25, 0.3) is 0 Å². The number of likely N-dealkylation sites (tertiary alicyclic amines) is 1. The normalized spacial score (nSPS) is 24.8. The molecule has 1 nitrogen and oxygen atoms in total. The maximum absolute atomic E-state index is 11.3. The zero-order valence-corrected chi connectivity index (χ0v) is 9.09. The molecule has 1 aliphatic rings. The molecule has 13 heavy (non-hydrogen) atoms. The third kappa shape index (κ3) is 6.76. The summed E-state index contributed by atoms with van der Waals surface area (Å²) < 4.78 is 11.3. The molecule has 0 spiro atoms.